The maximum absolute atomic E-state index is 14.5. The van der Waals surface area contributed by atoms with Gasteiger partial charge in [-0.1, -0.05) is 47.1 Å². The van der Waals surface area contributed by atoms with E-state index in [-0.39, 0.29) is 22.3 Å². The van der Waals surface area contributed by atoms with E-state index in [1.807, 2.05) is 99.5 Å². The van der Waals surface area contributed by atoms with Crippen molar-refractivity contribution in [2.45, 2.75) is 61.9 Å². The zero-order valence-electron chi connectivity index (χ0n) is 38.9. The molecule has 2 fully saturated rings. The average molecular weight is 1110 g/mol. The van der Waals surface area contributed by atoms with Crippen molar-refractivity contribution in [3.63, 3.8) is 0 Å². The van der Waals surface area contributed by atoms with E-state index in [1.165, 1.54) is 11.3 Å². The largest absolute Gasteiger partial charge is 0.461 e. The van der Waals surface area contributed by atoms with E-state index in [1.54, 1.807) is 24.3 Å². The normalized spacial score (nSPS) is 29.9. The number of hydrogen-bond donors (Lipinski definition) is 5. The second-order valence-electron chi connectivity index (χ2n) is 19.4. The lowest BCUT2D eigenvalue weighted by atomic mass is 9.66. The van der Waals surface area contributed by atoms with Crippen molar-refractivity contribution in [3.8, 4) is 5.75 Å². The van der Waals surface area contributed by atoms with Crippen LogP contribution in [0.25, 0.3) is 0 Å². The van der Waals surface area contributed by atoms with Gasteiger partial charge < -0.3 is 54.9 Å². The molecule has 3 aliphatic carbocycles. The molecule has 5 heterocycles. The number of esters is 1. The van der Waals surface area contributed by atoms with Crippen LogP contribution in [0.1, 0.15) is 66.9 Å². The molecule has 4 aliphatic heterocycles. The summed E-state index contributed by atoms with van der Waals surface area (Å²) in [5, 5.41) is 34.5. The summed E-state index contributed by atoms with van der Waals surface area (Å²) in [5.41, 5.74) is 1.16. The number of carbonyl (C=O) groups excluding carboxylic acids is 3. The van der Waals surface area contributed by atoms with Crippen LogP contribution in [0.5, 0.6) is 5.75 Å². The molecule has 4 aromatic rings. The number of carbonyl (C=O) groups is 3. The Morgan fingerprint density at radius 2 is 1.66 bits per heavy atom. The number of halogens is 2. The van der Waals surface area contributed by atoms with E-state index in [2.05, 4.69) is 60.8 Å². The zero-order chi connectivity index (χ0) is 49.4. The molecule has 5 unspecified atom stereocenters. The van der Waals surface area contributed by atoms with Crippen LogP contribution in [-0.4, -0.2) is 90.0 Å². The summed E-state index contributed by atoms with van der Waals surface area (Å²) < 4.78 is 27.4. The molecule has 5 N–H and O–H groups in total. The van der Waals surface area contributed by atoms with Crippen LogP contribution in [0.2, 0.25) is 0 Å². The van der Waals surface area contributed by atoms with Gasteiger partial charge in [-0.25, -0.2) is 4.79 Å². The van der Waals surface area contributed by atoms with Gasteiger partial charge in [-0.2, -0.15) is 0 Å². The van der Waals surface area contributed by atoms with Crippen LogP contribution >= 0.6 is 55.4 Å². The minimum atomic E-state index is -2.28. The Hall–Kier alpha value is -5.18. The lowest BCUT2D eigenvalue weighted by Gasteiger charge is -2.46. The van der Waals surface area contributed by atoms with E-state index in [4.69, 9.17) is 31.2 Å². The number of ketones is 1. The quantitative estimate of drug-likeness (QED) is 0.0845. The maximum atomic E-state index is 14.5. The van der Waals surface area contributed by atoms with E-state index < -0.39 is 58.9 Å². The number of anilines is 3. The first-order valence-electron chi connectivity index (χ1n) is 22.9. The number of aliphatic hydroxyl groups is 2. The summed E-state index contributed by atoms with van der Waals surface area (Å²) in [4.78, 5) is 48.0. The number of thiocarbonyl (C=S) groups is 1. The Morgan fingerprint density at radius 3 is 2.39 bits per heavy atom. The lowest BCUT2D eigenvalue weighted by Crippen LogP contribution is -2.63. The van der Waals surface area contributed by atoms with Gasteiger partial charge in [0, 0.05) is 94.1 Å². The molecule has 1 amide bonds. The molecule has 0 saturated carbocycles. The molecular formula is C52H49Br2N5O9S2. The highest BCUT2D eigenvalue weighted by Crippen LogP contribution is 2.66. The van der Waals surface area contributed by atoms with Crippen LogP contribution in [0.15, 0.2) is 111 Å². The third kappa shape index (κ3) is 6.81. The number of nitrogens with zero attached hydrogens (tertiary/aromatic N) is 2. The van der Waals surface area contributed by atoms with Gasteiger partial charge in [0.15, 0.2) is 10.7 Å². The highest BCUT2D eigenvalue weighted by Gasteiger charge is 2.86. The summed E-state index contributed by atoms with van der Waals surface area (Å²) in [6.07, 6.45) is 6.09. The Morgan fingerprint density at radius 1 is 0.914 bits per heavy atom. The summed E-state index contributed by atoms with van der Waals surface area (Å²) in [6, 6.07) is 20.4. The SMILES string of the molecule is Cc1cc2c(s1)C1(O)OCC3(O)[C@H](C(=O)Nc4ccc(CNC(=S)Nc5ccc6c(c5)C(=O)OC65c6ccc(N(C)C)cc6OC6=CC(N(C)C)=CC(C)C65)cc4)[C@H](C4=CC(Br)=C(Br)CC4)O[C@]13C2=O. The van der Waals surface area contributed by atoms with E-state index in [9.17, 15) is 24.6 Å². The smallest absolute Gasteiger partial charge is 0.339 e. The standard InChI is InChI=1S/C52H49Br2N5O9S2/c1-25-17-32(59(5)6)22-40-41(25)50(36-15-13-31(58(3)4)21-39(36)66-40)35-14-12-30(20-33(35)47(62)68-50)57-48(69)55-23-27-7-10-29(11-8-27)56-46(61)42-43(28-9-16-37(53)38(54)19-28)67-51-44(60)34-18-26(2)70-45(34)52(51,64)65-24-49(42,51)63/h7-8,10-15,17-22,25,41-43,63-64H,9,16,23-24H2,1-6H3,(H,56,61)(H2,55,57,69)/t25?,41?,42-,43-,49?,50?,51-,52?/m0/s1. The molecule has 8 atom stereocenters. The number of ether oxygens (including phenoxy) is 4. The van der Waals surface area contributed by atoms with Crippen molar-refractivity contribution in [2.24, 2.45) is 17.8 Å². The molecule has 0 radical (unpaired) electrons. The zero-order valence-corrected chi connectivity index (χ0v) is 43.7. The molecule has 0 bridgehead atoms. The number of benzene rings is 3. The molecule has 70 heavy (non-hydrogen) atoms. The van der Waals surface area contributed by atoms with Gasteiger partial charge in [-0.15, -0.1) is 11.3 Å². The Kier molecular flexibility index (Phi) is 11.2. The van der Waals surface area contributed by atoms with Gasteiger partial charge in [0.25, 0.3) is 0 Å². The lowest BCUT2D eigenvalue weighted by molar-refractivity contribution is -0.256. The van der Waals surface area contributed by atoms with Crippen molar-refractivity contribution < 1.29 is 43.5 Å². The van der Waals surface area contributed by atoms with Gasteiger partial charge in [0.2, 0.25) is 23.1 Å². The predicted octanol–water partition coefficient (Wildman–Crippen LogP) is 8.23. The van der Waals surface area contributed by atoms with E-state index in [0.29, 0.717) is 52.8 Å². The van der Waals surface area contributed by atoms with Crippen molar-refractivity contribution in [3.05, 3.63) is 149 Å². The first kappa shape index (κ1) is 47.2. The molecule has 1 aromatic heterocycles. The fourth-order valence-electron chi connectivity index (χ4n) is 11.4. The Bertz CT molecular complexity index is 3110. The Balaban J connectivity index is 0.797. The molecule has 3 aromatic carbocycles. The highest BCUT2D eigenvalue weighted by molar-refractivity contribution is 9.14. The number of likely N-dealkylation sites (N-methyl/N-ethyl adjacent to an activating group) is 1. The number of thiophene rings is 1. The topological polar surface area (TPSA) is 171 Å². The van der Waals surface area contributed by atoms with Gasteiger partial charge in [0.05, 0.1) is 29.1 Å². The Labute approximate surface area is 430 Å². The number of hydrogen-bond acceptors (Lipinski definition) is 13. The first-order chi connectivity index (χ1) is 33.3. The second-order valence-corrected chi connectivity index (χ2v) is 22.9. The van der Waals surface area contributed by atoms with Crippen molar-refractivity contribution in [1.82, 2.24) is 10.2 Å². The van der Waals surface area contributed by atoms with Crippen LogP contribution in [-0.2, 0) is 36.9 Å². The van der Waals surface area contributed by atoms with Crippen molar-refractivity contribution in [2.75, 3.05) is 50.3 Å². The third-order valence-electron chi connectivity index (χ3n) is 14.7. The monoisotopic (exact) mass is 1110 g/mol. The number of fused-ring (bicyclic) bond motifs is 8. The number of aryl methyl sites for hydroxylation is 1. The minimum absolute atomic E-state index is 0.0383. The number of rotatable bonds is 8. The number of nitrogens with one attached hydrogen (secondary N) is 3. The molecular weight excluding hydrogens is 1060 g/mol. The molecule has 7 aliphatic rings. The first-order valence-corrected chi connectivity index (χ1v) is 25.7. The summed E-state index contributed by atoms with van der Waals surface area (Å²) in [5.74, 6) is -4.22. The average Bonchev–Trinajstić information content (AvgIpc) is 4.04. The van der Waals surface area contributed by atoms with Gasteiger partial charge >= 0.3 is 5.97 Å². The van der Waals surface area contributed by atoms with E-state index in [0.717, 1.165) is 47.7 Å². The molecule has 14 nitrogen and oxygen atoms in total. The van der Waals surface area contributed by atoms with E-state index >= 15 is 0 Å². The maximum Gasteiger partial charge on any atom is 0.339 e. The number of amides is 1. The van der Waals surface area contributed by atoms with Crippen LogP contribution < -0.4 is 25.6 Å². The third-order valence-corrected chi connectivity index (χ3v) is 18.2. The van der Waals surface area contributed by atoms with Gasteiger partial charge in [-0.05, 0) is 120 Å². The summed E-state index contributed by atoms with van der Waals surface area (Å²) in [7, 11) is 7.93. The van der Waals surface area contributed by atoms with Gasteiger partial charge in [-0.3, -0.25) is 9.59 Å². The van der Waals surface area contributed by atoms with Crippen molar-refractivity contribution >= 4 is 95.2 Å². The van der Waals surface area contributed by atoms with Crippen molar-refractivity contribution in [1.29, 1.82) is 0 Å². The summed E-state index contributed by atoms with van der Waals surface area (Å²) in [6.45, 7) is 3.77. The number of allylic oxidation sites excluding steroid dienone is 5. The fraction of sp³-hybridized carbons (Fsp3) is 0.346. The van der Waals surface area contributed by atoms with Crippen LogP contribution in [0.3, 0.4) is 0 Å². The minimum Gasteiger partial charge on any atom is -0.461 e. The highest BCUT2D eigenvalue weighted by atomic mass is 79.9. The molecule has 11 rings (SSSR count). The fourth-order valence-corrected chi connectivity index (χ4v) is 13.5. The number of Topliss-reactive ketones (excluding diaryl/α,β-unsaturated/α-hetero) is 1. The predicted molar refractivity (Wildman–Crippen MR) is 276 cm³/mol. The summed E-state index contributed by atoms with van der Waals surface area (Å²) >= 11 is 14.1. The second kappa shape index (κ2) is 16.7. The van der Waals surface area contributed by atoms with Gasteiger partial charge in [0.1, 0.15) is 23.0 Å². The molecule has 2 spiro atoms. The molecule has 2 saturated heterocycles. The molecule has 362 valence electrons. The molecule has 18 heteroatoms. The van der Waals surface area contributed by atoms with Crippen LogP contribution in [0, 0.1) is 24.7 Å². The van der Waals surface area contributed by atoms with Crippen LogP contribution in [0.4, 0.5) is 17.1 Å².